The van der Waals surface area contributed by atoms with Crippen molar-refractivity contribution < 1.29 is 23.2 Å². The van der Waals surface area contributed by atoms with Crippen LogP contribution in [0.3, 0.4) is 0 Å². The van der Waals surface area contributed by atoms with Gasteiger partial charge in [-0.1, -0.05) is 29.8 Å². The van der Waals surface area contributed by atoms with Crippen LogP contribution >= 0.6 is 11.6 Å². The Hall–Kier alpha value is -3.00. The third-order valence-corrected chi connectivity index (χ3v) is 5.19. The molecular weight excluding hydrogens is 416 g/mol. The van der Waals surface area contributed by atoms with Crippen LogP contribution in [0.4, 0.5) is 20.2 Å². The van der Waals surface area contributed by atoms with Crippen LogP contribution in [0.15, 0.2) is 42.5 Å². The Labute approximate surface area is 177 Å². The maximum atomic E-state index is 13.7. The van der Waals surface area contributed by atoms with Crippen LogP contribution in [0.1, 0.15) is 13.3 Å². The number of likely N-dealkylation sites (N-methyl/N-ethyl adjacent to an activating group) is 1. The van der Waals surface area contributed by atoms with Crippen LogP contribution in [0.2, 0.25) is 5.02 Å². The summed E-state index contributed by atoms with van der Waals surface area (Å²) in [5.41, 5.74) is -0.0396. The van der Waals surface area contributed by atoms with E-state index in [1.807, 2.05) is 0 Å². The van der Waals surface area contributed by atoms with Crippen LogP contribution in [-0.4, -0.2) is 42.3 Å². The van der Waals surface area contributed by atoms with E-state index in [1.165, 1.54) is 15.9 Å². The molecule has 0 aromatic heterocycles. The number of hydrogen-bond donors (Lipinski definition) is 1. The first-order valence-corrected chi connectivity index (χ1v) is 9.77. The Morgan fingerprint density at radius 1 is 1.17 bits per heavy atom. The van der Waals surface area contributed by atoms with Gasteiger partial charge in [0.1, 0.15) is 17.3 Å². The van der Waals surface area contributed by atoms with Gasteiger partial charge in [-0.25, -0.2) is 8.78 Å². The summed E-state index contributed by atoms with van der Waals surface area (Å²) in [7, 11) is 0. The molecule has 1 atom stereocenters. The summed E-state index contributed by atoms with van der Waals surface area (Å²) in [4.78, 5) is 40.3. The normalized spacial score (nSPS) is 15.9. The second kappa shape index (κ2) is 9.21. The second-order valence-electron chi connectivity index (χ2n) is 6.85. The molecule has 1 aliphatic rings. The van der Waals surface area contributed by atoms with Crippen molar-refractivity contribution in [3.63, 3.8) is 0 Å². The molecule has 0 saturated carbocycles. The number of carbonyl (C=O) groups excluding carboxylic acids is 3. The lowest BCUT2D eigenvalue weighted by molar-refractivity contribution is -0.138. The summed E-state index contributed by atoms with van der Waals surface area (Å²) >= 11 is 6.15. The van der Waals surface area contributed by atoms with E-state index in [-0.39, 0.29) is 37.9 Å². The Kier molecular flexibility index (Phi) is 6.66. The summed E-state index contributed by atoms with van der Waals surface area (Å²) in [6, 6.07) is 10.1. The minimum Gasteiger partial charge on any atom is -0.333 e. The van der Waals surface area contributed by atoms with Gasteiger partial charge in [-0.3, -0.25) is 14.4 Å². The average Bonchev–Trinajstić information content (AvgIpc) is 3.10. The van der Waals surface area contributed by atoms with Gasteiger partial charge in [0.05, 0.1) is 23.2 Å². The number of anilines is 2. The lowest BCUT2D eigenvalue weighted by Gasteiger charge is -2.24. The molecule has 1 N–H and O–H groups in total. The number of halogens is 3. The second-order valence-corrected chi connectivity index (χ2v) is 7.26. The smallest absolute Gasteiger partial charge is 0.244 e. The number of nitrogens with zero attached hydrogens (tertiary/aromatic N) is 2. The molecule has 9 heteroatoms. The molecule has 1 aliphatic heterocycles. The Bertz CT molecular complexity index is 965. The Morgan fingerprint density at radius 2 is 1.83 bits per heavy atom. The minimum absolute atomic E-state index is 0.00980. The number of hydrogen-bond acceptors (Lipinski definition) is 3. The minimum atomic E-state index is -0.908. The number of para-hydroxylation sites is 2. The quantitative estimate of drug-likeness (QED) is 0.755. The first-order valence-electron chi connectivity index (χ1n) is 9.39. The monoisotopic (exact) mass is 435 g/mol. The molecule has 0 spiro atoms. The average molecular weight is 436 g/mol. The summed E-state index contributed by atoms with van der Waals surface area (Å²) in [6.07, 6.45) is -0.00980. The van der Waals surface area contributed by atoms with E-state index >= 15 is 0 Å². The van der Waals surface area contributed by atoms with Crippen LogP contribution in [-0.2, 0) is 14.4 Å². The molecular formula is C21H20ClF2N3O3. The van der Waals surface area contributed by atoms with E-state index < -0.39 is 29.1 Å². The topological polar surface area (TPSA) is 69.7 Å². The molecule has 6 nitrogen and oxygen atoms in total. The number of nitrogens with one attached hydrogen (secondary N) is 1. The van der Waals surface area contributed by atoms with Crippen molar-refractivity contribution in [2.75, 3.05) is 29.9 Å². The third-order valence-electron chi connectivity index (χ3n) is 4.87. The van der Waals surface area contributed by atoms with Crippen LogP contribution in [0, 0.1) is 17.6 Å². The molecule has 0 bridgehead atoms. The molecule has 1 saturated heterocycles. The molecule has 2 aromatic carbocycles. The van der Waals surface area contributed by atoms with Gasteiger partial charge < -0.3 is 15.1 Å². The summed E-state index contributed by atoms with van der Waals surface area (Å²) in [6.45, 7) is 1.63. The molecule has 3 amide bonds. The molecule has 0 aliphatic carbocycles. The van der Waals surface area contributed by atoms with Crippen molar-refractivity contribution in [3.8, 4) is 0 Å². The van der Waals surface area contributed by atoms with Gasteiger partial charge in [-0.2, -0.15) is 0 Å². The van der Waals surface area contributed by atoms with Gasteiger partial charge >= 0.3 is 0 Å². The van der Waals surface area contributed by atoms with Gasteiger partial charge in [-0.15, -0.1) is 0 Å². The van der Waals surface area contributed by atoms with E-state index in [4.69, 9.17) is 11.6 Å². The fourth-order valence-corrected chi connectivity index (χ4v) is 3.59. The SMILES string of the molecule is CCN(CC(=O)Nc1c(F)cccc1F)C(=O)C1CC(=O)N(c2ccccc2Cl)C1. The maximum absolute atomic E-state index is 13.7. The first-order chi connectivity index (χ1) is 14.3. The van der Waals surface area contributed by atoms with Crippen molar-refractivity contribution >= 4 is 40.7 Å². The highest BCUT2D eigenvalue weighted by Crippen LogP contribution is 2.31. The third kappa shape index (κ3) is 4.59. The number of benzene rings is 2. The van der Waals surface area contributed by atoms with Crippen molar-refractivity contribution in [2.45, 2.75) is 13.3 Å². The zero-order valence-electron chi connectivity index (χ0n) is 16.2. The summed E-state index contributed by atoms with van der Waals surface area (Å²) in [5, 5.41) is 2.56. The number of carbonyl (C=O) groups is 3. The fraction of sp³-hybridized carbons (Fsp3) is 0.286. The van der Waals surface area contributed by atoms with E-state index in [9.17, 15) is 23.2 Å². The highest BCUT2D eigenvalue weighted by molar-refractivity contribution is 6.33. The van der Waals surface area contributed by atoms with Crippen molar-refractivity contribution in [2.24, 2.45) is 5.92 Å². The standard InChI is InChI=1S/C21H20ClF2N3O3/c1-2-26(12-18(28)25-20-15(23)7-5-8-16(20)24)21(30)13-10-19(29)27(11-13)17-9-4-3-6-14(17)22/h3-9,13H,2,10-12H2,1H3,(H,25,28). The lowest BCUT2D eigenvalue weighted by Crippen LogP contribution is -2.42. The summed E-state index contributed by atoms with van der Waals surface area (Å²) in [5.74, 6) is -3.82. The molecule has 158 valence electrons. The van der Waals surface area contributed by atoms with Gasteiger partial charge in [0.15, 0.2) is 0 Å². The highest BCUT2D eigenvalue weighted by Gasteiger charge is 2.38. The number of amides is 3. The van der Waals surface area contributed by atoms with Gasteiger partial charge in [-0.05, 0) is 31.2 Å². The van der Waals surface area contributed by atoms with Crippen molar-refractivity contribution in [3.05, 3.63) is 59.1 Å². The molecule has 0 radical (unpaired) electrons. The fourth-order valence-electron chi connectivity index (χ4n) is 3.35. The molecule has 1 fully saturated rings. The maximum Gasteiger partial charge on any atom is 0.244 e. The number of rotatable bonds is 6. The van der Waals surface area contributed by atoms with E-state index in [2.05, 4.69) is 5.32 Å². The lowest BCUT2D eigenvalue weighted by atomic mass is 10.1. The Balaban J connectivity index is 1.67. The van der Waals surface area contributed by atoms with Gasteiger partial charge in [0, 0.05) is 19.5 Å². The Morgan fingerprint density at radius 3 is 2.47 bits per heavy atom. The largest absolute Gasteiger partial charge is 0.333 e. The zero-order chi connectivity index (χ0) is 21.8. The van der Waals surface area contributed by atoms with Crippen LogP contribution in [0.5, 0.6) is 0 Å². The first kappa shape index (κ1) is 21.7. The van der Waals surface area contributed by atoms with Crippen molar-refractivity contribution in [1.29, 1.82) is 0 Å². The molecule has 30 heavy (non-hydrogen) atoms. The molecule has 1 unspecified atom stereocenters. The highest BCUT2D eigenvalue weighted by atomic mass is 35.5. The van der Waals surface area contributed by atoms with Gasteiger partial charge in [0.25, 0.3) is 0 Å². The molecule has 1 heterocycles. The predicted octanol–water partition coefficient (Wildman–Crippen LogP) is 3.46. The predicted molar refractivity (Wildman–Crippen MR) is 109 cm³/mol. The molecule has 2 aromatic rings. The zero-order valence-corrected chi connectivity index (χ0v) is 17.0. The van der Waals surface area contributed by atoms with Crippen LogP contribution in [0.25, 0.3) is 0 Å². The van der Waals surface area contributed by atoms with Crippen molar-refractivity contribution in [1.82, 2.24) is 4.90 Å². The summed E-state index contributed by atoms with van der Waals surface area (Å²) < 4.78 is 27.5. The van der Waals surface area contributed by atoms with E-state index in [0.29, 0.717) is 10.7 Å². The van der Waals surface area contributed by atoms with E-state index in [0.717, 1.165) is 12.1 Å². The van der Waals surface area contributed by atoms with E-state index in [1.54, 1.807) is 31.2 Å². The molecule has 3 rings (SSSR count). The van der Waals surface area contributed by atoms with Crippen LogP contribution < -0.4 is 10.2 Å². The van der Waals surface area contributed by atoms with Gasteiger partial charge in [0.2, 0.25) is 17.7 Å².